The molecule has 0 aliphatic rings. The molecule has 88 valence electrons. The zero-order valence-electron chi connectivity index (χ0n) is 10.4. The number of aromatic nitrogens is 1. The number of aryl methyl sites for hydroxylation is 3. The van der Waals surface area contributed by atoms with Crippen LogP contribution in [0.25, 0.3) is 10.9 Å². The highest BCUT2D eigenvalue weighted by atomic mass is 16.1. The van der Waals surface area contributed by atoms with Gasteiger partial charge in [0.1, 0.15) is 0 Å². The number of nitrogens with zero attached hydrogens (tertiary/aromatic N) is 1. The number of hydrogen-bond acceptors (Lipinski definition) is 2. The Morgan fingerprint density at radius 1 is 1.24 bits per heavy atom. The summed E-state index contributed by atoms with van der Waals surface area (Å²) in [5.41, 5.74) is 10.4. The van der Waals surface area contributed by atoms with Crippen LogP contribution in [-0.4, -0.2) is 10.9 Å². The van der Waals surface area contributed by atoms with Crippen molar-refractivity contribution in [2.45, 2.75) is 27.2 Å². The van der Waals surface area contributed by atoms with E-state index in [1.165, 1.54) is 5.56 Å². The molecule has 0 radical (unpaired) electrons. The minimum absolute atomic E-state index is 0.199. The number of fused-ring (bicyclic) bond motifs is 1. The number of amides is 1. The fraction of sp³-hybridized carbons (Fsp3) is 0.286. The van der Waals surface area contributed by atoms with Gasteiger partial charge >= 0.3 is 0 Å². The van der Waals surface area contributed by atoms with E-state index in [1.54, 1.807) is 0 Å². The van der Waals surface area contributed by atoms with Gasteiger partial charge in [0.2, 0.25) is 5.91 Å². The van der Waals surface area contributed by atoms with Gasteiger partial charge in [-0.15, -0.1) is 0 Å². The summed E-state index contributed by atoms with van der Waals surface area (Å²) in [5.74, 6) is -0.346. The van der Waals surface area contributed by atoms with Crippen LogP contribution < -0.4 is 5.73 Å². The van der Waals surface area contributed by atoms with Gasteiger partial charge in [0.05, 0.1) is 17.6 Å². The number of carbonyl (C=O) groups is 1. The Kier molecular flexibility index (Phi) is 2.84. The number of nitrogens with two attached hydrogens (primary N) is 1. The maximum absolute atomic E-state index is 11.0. The van der Waals surface area contributed by atoms with E-state index in [0.717, 1.165) is 27.7 Å². The summed E-state index contributed by atoms with van der Waals surface area (Å²) < 4.78 is 0. The summed E-state index contributed by atoms with van der Waals surface area (Å²) in [7, 11) is 0. The van der Waals surface area contributed by atoms with Gasteiger partial charge in [-0.25, -0.2) is 0 Å². The van der Waals surface area contributed by atoms with E-state index in [2.05, 4.69) is 31.0 Å². The molecule has 0 unspecified atom stereocenters. The Balaban J connectivity index is 2.70. The molecule has 3 nitrogen and oxygen atoms in total. The van der Waals surface area contributed by atoms with E-state index in [0.29, 0.717) is 0 Å². The number of carbonyl (C=O) groups excluding carboxylic acids is 1. The monoisotopic (exact) mass is 228 g/mol. The molecule has 3 heteroatoms. The second kappa shape index (κ2) is 4.17. The third-order valence-electron chi connectivity index (χ3n) is 3.12. The standard InChI is InChI=1S/C14H16N2O/c1-8-4-5-12-9(2)6-11(7-13(15)17)16-14(12)10(8)3/h4-6H,7H2,1-3H3,(H2,15,17). The molecule has 17 heavy (non-hydrogen) atoms. The molecule has 0 fully saturated rings. The van der Waals surface area contributed by atoms with Crippen LogP contribution in [0.4, 0.5) is 0 Å². The van der Waals surface area contributed by atoms with Gasteiger partial charge in [-0.05, 0) is 43.5 Å². The fourth-order valence-corrected chi connectivity index (χ4v) is 2.04. The van der Waals surface area contributed by atoms with Gasteiger partial charge in [-0.3, -0.25) is 9.78 Å². The Morgan fingerprint density at radius 2 is 1.94 bits per heavy atom. The first kappa shape index (κ1) is 11.6. The van der Waals surface area contributed by atoms with Crippen LogP contribution in [0.5, 0.6) is 0 Å². The molecule has 2 aromatic rings. The van der Waals surface area contributed by atoms with Gasteiger partial charge < -0.3 is 5.73 Å². The second-order valence-electron chi connectivity index (χ2n) is 4.48. The zero-order chi connectivity index (χ0) is 12.6. The van der Waals surface area contributed by atoms with Crippen molar-refractivity contribution in [3.05, 3.63) is 40.6 Å². The largest absolute Gasteiger partial charge is 0.369 e. The smallest absolute Gasteiger partial charge is 0.223 e. The van der Waals surface area contributed by atoms with Crippen LogP contribution in [0.2, 0.25) is 0 Å². The average Bonchev–Trinajstić information content (AvgIpc) is 2.23. The third-order valence-corrected chi connectivity index (χ3v) is 3.12. The highest BCUT2D eigenvalue weighted by Gasteiger charge is 2.08. The van der Waals surface area contributed by atoms with Crippen LogP contribution in [0.15, 0.2) is 18.2 Å². The van der Waals surface area contributed by atoms with Crippen molar-refractivity contribution < 1.29 is 4.79 Å². The summed E-state index contributed by atoms with van der Waals surface area (Å²) in [6.07, 6.45) is 0.199. The molecule has 2 rings (SSSR count). The Hall–Kier alpha value is -1.90. The molecule has 1 aromatic carbocycles. The van der Waals surface area contributed by atoms with E-state index in [1.807, 2.05) is 13.0 Å². The van der Waals surface area contributed by atoms with Crippen molar-refractivity contribution in [2.24, 2.45) is 5.73 Å². The van der Waals surface area contributed by atoms with Gasteiger partial charge in [0.25, 0.3) is 0 Å². The van der Waals surface area contributed by atoms with Crippen molar-refractivity contribution in [1.29, 1.82) is 0 Å². The molecule has 2 N–H and O–H groups in total. The van der Waals surface area contributed by atoms with Crippen molar-refractivity contribution in [3.63, 3.8) is 0 Å². The van der Waals surface area contributed by atoms with Gasteiger partial charge in [-0.2, -0.15) is 0 Å². The van der Waals surface area contributed by atoms with Crippen LogP contribution in [0.1, 0.15) is 22.4 Å². The number of hydrogen-bond donors (Lipinski definition) is 1. The average molecular weight is 228 g/mol. The molecule has 0 atom stereocenters. The van der Waals surface area contributed by atoms with Crippen LogP contribution in [0, 0.1) is 20.8 Å². The van der Waals surface area contributed by atoms with Gasteiger partial charge in [-0.1, -0.05) is 12.1 Å². The molecule has 0 saturated heterocycles. The predicted molar refractivity (Wildman–Crippen MR) is 68.9 cm³/mol. The van der Waals surface area contributed by atoms with Gasteiger partial charge in [0.15, 0.2) is 0 Å². The molecular weight excluding hydrogens is 212 g/mol. The van der Waals surface area contributed by atoms with Crippen molar-refractivity contribution in [2.75, 3.05) is 0 Å². The topological polar surface area (TPSA) is 56.0 Å². The molecule has 1 aromatic heterocycles. The third kappa shape index (κ3) is 2.13. The minimum atomic E-state index is -0.346. The van der Waals surface area contributed by atoms with E-state index in [4.69, 9.17) is 5.73 Å². The number of benzene rings is 1. The van der Waals surface area contributed by atoms with E-state index < -0.39 is 0 Å². The number of rotatable bonds is 2. The van der Waals surface area contributed by atoms with E-state index >= 15 is 0 Å². The lowest BCUT2D eigenvalue weighted by Crippen LogP contribution is -2.14. The van der Waals surface area contributed by atoms with Crippen LogP contribution in [-0.2, 0) is 11.2 Å². The second-order valence-corrected chi connectivity index (χ2v) is 4.48. The maximum atomic E-state index is 11.0. The predicted octanol–water partition coefficient (Wildman–Crippen LogP) is 2.19. The number of primary amides is 1. The Morgan fingerprint density at radius 3 is 2.59 bits per heavy atom. The Bertz CT molecular complexity index is 603. The Labute approximate surface area is 101 Å². The maximum Gasteiger partial charge on any atom is 0.223 e. The first-order chi connectivity index (χ1) is 7.99. The van der Waals surface area contributed by atoms with Crippen molar-refractivity contribution in [1.82, 2.24) is 4.98 Å². The zero-order valence-corrected chi connectivity index (χ0v) is 10.4. The molecular formula is C14H16N2O. The molecule has 0 aliphatic heterocycles. The number of pyridine rings is 1. The first-order valence-corrected chi connectivity index (χ1v) is 5.64. The van der Waals surface area contributed by atoms with E-state index in [9.17, 15) is 4.79 Å². The summed E-state index contributed by atoms with van der Waals surface area (Å²) in [6.45, 7) is 6.15. The fourth-order valence-electron chi connectivity index (χ4n) is 2.04. The minimum Gasteiger partial charge on any atom is -0.369 e. The highest BCUT2D eigenvalue weighted by molar-refractivity contribution is 5.86. The summed E-state index contributed by atoms with van der Waals surface area (Å²) in [6, 6.07) is 6.11. The summed E-state index contributed by atoms with van der Waals surface area (Å²) in [4.78, 5) is 15.5. The van der Waals surface area contributed by atoms with Crippen LogP contribution >= 0.6 is 0 Å². The van der Waals surface area contributed by atoms with Crippen LogP contribution in [0.3, 0.4) is 0 Å². The molecule has 0 spiro atoms. The molecule has 0 aliphatic carbocycles. The lowest BCUT2D eigenvalue weighted by molar-refractivity contribution is -0.117. The summed E-state index contributed by atoms with van der Waals surface area (Å²) in [5, 5.41) is 1.14. The van der Waals surface area contributed by atoms with Gasteiger partial charge in [0, 0.05) is 5.39 Å². The van der Waals surface area contributed by atoms with Crippen molar-refractivity contribution >= 4 is 16.8 Å². The molecule has 1 amide bonds. The van der Waals surface area contributed by atoms with Crippen molar-refractivity contribution in [3.8, 4) is 0 Å². The van der Waals surface area contributed by atoms with E-state index in [-0.39, 0.29) is 12.3 Å². The normalized spacial score (nSPS) is 10.8. The quantitative estimate of drug-likeness (QED) is 0.856. The molecule has 0 saturated carbocycles. The first-order valence-electron chi connectivity index (χ1n) is 5.64. The summed E-state index contributed by atoms with van der Waals surface area (Å²) >= 11 is 0. The SMILES string of the molecule is Cc1ccc2c(C)cc(CC(N)=O)nc2c1C. The highest BCUT2D eigenvalue weighted by Crippen LogP contribution is 2.23. The molecule has 0 bridgehead atoms. The lowest BCUT2D eigenvalue weighted by atomic mass is 10.0. The molecule has 1 heterocycles. The lowest BCUT2D eigenvalue weighted by Gasteiger charge is -2.09.